The van der Waals surface area contributed by atoms with Gasteiger partial charge < -0.3 is 14.8 Å². The summed E-state index contributed by atoms with van der Waals surface area (Å²) in [6, 6.07) is 21.5. The minimum atomic E-state index is -1.03. The van der Waals surface area contributed by atoms with Gasteiger partial charge in [-0.2, -0.15) is 0 Å². The smallest absolute Gasteiger partial charge is 0.339 e. The summed E-state index contributed by atoms with van der Waals surface area (Å²) in [5.41, 5.74) is 1.38. The molecule has 0 spiro atoms. The van der Waals surface area contributed by atoms with Crippen molar-refractivity contribution < 1.29 is 23.5 Å². The molecule has 0 saturated carbocycles. The monoisotopic (exact) mass is 393 g/mol. The Balaban J connectivity index is 1.62. The van der Waals surface area contributed by atoms with E-state index in [1.54, 1.807) is 24.3 Å². The lowest BCUT2D eigenvalue weighted by atomic mass is 10.1. The fourth-order valence-electron chi connectivity index (χ4n) is 2.58. The number of amides is 1. The van der Waals surface area contributed by atoms with Crippen molar-refractivity contribution in [2.45, 2.75) is 19.6 Å². The van der Waals surface area contributed by atoms with Crippen molar-refractivity contribution in [3.8, 4) is 5.75 Å². The molecular weight excluding hydrogens is 373 g/mol. The lowest BCUT2D eigenvalue weighted by Gasteiger charge is -2.15. The molecule has 1 amide bonds. The van der Waals surface area contributed by atoms with Crippen LogP contribution >= 0.6 is 0 Å². The first-order valence-electron chi connectivity index (χ1n) is 9.06. The number of hydrogen-bond acceptors (Lipinski definition) is 4. The average molecular weight is 393 g/mol. The first kappa shape index (κ1) is 20.1. The van der Waals surface area contributed by atoms with Gasteiger partial charge in [0.15, 0.2) is 6.10 Å². The number of rotatable bonds is 7. The Morgan fingerprint density at radius 3 is 2.31 bits per heavy atom. The van der Waals surface area contributed by atoms with E-state index in [4.69, 9.17) is 9.47 Å². The lowest BCUT2D eigenvalue weighted by molar-refractivity contribution is -0.123. The molecule has 0 radical (unpaired) electrons. The average Bonchev–Trinajstić information content (AvgIpc) is 2.74. The molecule has 29 heavy (non-hydrogen) atoms. The van der Waals surface area contributed by atoms with Crippen molar-refractivity contribution in [2.24, 2.45) is 0 Å². The number of halogens is 1. The summed E-state index contributed by atoms with van der Waals surface area (Å²) in [7, 11) is 0. The van der Waals surface area contributed by atoms with Crippen molar-refractivity contribution in [3.63, 3.8) is 0 Å². The Morgan fingerprint density at radius 1 is 0.931 bits per heavy atom. The second kappa shape index (κ2) is 9.50. The number of ether oxygens (including phenoxy) is 2. The zero-order chi connectivity index (χ0) is 20.6. The van der Waals surface area contributed by atoms with Crippen LogP contribution in [0.3, 0.4) is 0 Å². The van der Waals surface area contributed by atoms with E-state index in [2.05, 4.69) is 5.32 Å². The van der Waals surface area contributed by atoms with Gasteiger partial charge >= 0.3 is 5.97 Å². The third-order valence-corrected chi connectivity index (χ3v) is 4.14. The Morgan fingerprint density at radius 2 is 1.59 bits per heavy atom. The fourth-order valence-corrected chi connectivity index (χ4v) is 2.58. The van der Waals surface area contributed by atoms with E-state index in [9.17, 15) is 14.0 Å². The van der Waals surface area contributed by atoms with Crippen molar-refractivity contribution in [1.82, 2.24) is 0 Å². The molecule has 0 aliphatic heterocycles. The van der Waals surface area contributed by atoms with Gasteiger partial charge in [-0.3, -0.25) is 4.79 Å². The van der Waals surface area contributed by atoms with Gasteiger partial charge in [-0.1, -0.05) is 36.4 Å². The molecule has 1 N–H and O–H groups in total. The number of esters is 1. The number of carbonyl (C=O) groups excluding carboxylic acids is 2. The quantitative estimate of drug-likeness (QED) is 0.597. The fraction of sp³-hybridized carbons (Fsp3) is 0.130. The summed E-state index contributed by atoms with van der Waals surface area (Å²) in [5, 5.41) is 2.58. The van der Waals surface area contributed by atoms with Crippen molar-refractivity contribution >= 4 is 17.6 Å². The highest BCUT2D eigenvalue weighted by molar-refractivity contribution is 5.97. The summed E-state index contributed by atoms with van der Waals surface area (Å²) >= 11 is 0. The normalized spacial score (nSPS) is 11.4. The highest BCUT2D eigenvalue weighted by Crippen LogP contribution is 2.17. The number of para-hydroxylation sites is 1. The molecule has 1 atom stereocenters. The van der Waals surface area contributed by atoms with E-state index < -0.39 is 23.8 Å². The zero-order valence-electron chi connectivity index (χ0n) is 15.8. The Kier molecular flexibility index (Phi) is 6.58. The Bertz CT molecular complexity index is 974. The van der Waals surface area contributed by atoms with Gasteiger partial charge in [0.05, 0.1) is 5.56 Å². The van der Waals surface area contributed by atoms with Crippen LogP contribution in [0.2, 0.25) is 0 Å². The first-order chi connectivity index (χ1) is 14.0. The van der Waals surface area contributed by atoms with Crippen LogP contribution in [0.1, 0.15) is 22.8 Å². The molecule has 3 aromatic rings. The maximum atomic E-state index is 13.0. The molecule has 3 aromatic carbocycles. The number of benzene rings is 3. The maximum Gasteiger partial charge on any atom is 0.339 e. The molecule has 0 fully saturated rings. The molecule has 0 aliphatic rings. The highest BCUT2D eigenvalue weighted by Gasteiger charge is 2.21. The third-order valence-electron chi connectivity index (χ3n) is 4.14. The summed E-state index contributed by atoms with van der Waals surface area (Å²) in [4.78, 5) is 24.8. The van der Waals surface area contributed by atoms with Gasteiger partial charge in [0.1, 0.15) is 18.2 Å². The van der Waals surface area contributed by atoms with Crippen LogP contribution in [-0.4, -0.2) is 18.0 Å². The predicted molar refractivity (Wildman–Crippen MR) is 107 cm³/mol. The second-order valence-electron chi connectivity index (χ2n) is 6.30. The number of carbonyl (C=O) groups is 2. The van der Waals surface area contributed by atoms with E-state index in [0.29, 0.717) is 22.6 Å². The second-order valence-corrected chi connectivity index (χ2v) is 6.30. The predicted octanol–water partition coefficient (Wildman–Crippen LogP) is 4.59. The number of hydrogen-bond donors (Lipinski definition) is 1. The molecule has 5 nitrogen and oxygen atoms in total. The topological polar surface area (TPSA) is 64.6 Å². The minimum Gasteiger partial charge on any atom is -0.489 e. The molecule has 0 bridgehead atoms. The number of nitrogens with one attached hydrogen (secondary N) is 1. The minimum absolute atomic E-state index is 0.186. The van der Waals surface area contributed by atoms with Gasteiger partial charge in [-0.15, -0.1) is 0 Å². The standard InChI is InChI=1S/C23H20FNO4/c1-16(22(26)25-19-13-11-18(24)12-14-19)29-23(27)21-10-6-5-7-17(21)15-28-20-8-3-2-4-9-20/h2-14,16H,15H2,1H3,(H,25,26)/t16-/m0/s1. The molecule has 0 heterocycles. The van der Waals surface area contributed by atoms with Gasteiger partial charge in [0.25, 0.3) is 5.91 Å². The molecule has 3 rings (SSSR count). The van der Waals surface area contributed by atoms with Crippen LogP contribution < -0.4 is 10.1 Å². The molecule has 0 aliphatic carbocycles. The van der Waals surface area contributed by atoms with Crippen molar-refractivity contribution in [1.29, 1.82) is 0 Å². The van der Waals surface area contributed by atoms with E-state index in [1.165, 1.54) is 31.2 Å². The molecule has 0 aromatic heterocycles. The Hall–Kier alpha value is -3.67. The van der Waals surface area contributed by atoms with Crippen LogP contribution in [0, 0.1) is 5.82 Å². The van der Waals surface area contributed by atoms with Crippen LogP contribution in [0.5, 0.6) is 5.75 Å². The zero-order valence-corrected chi connectivity index (χ0v) is 15.8. The van der Waals surface area contributed by atoms with Crippen LogP contribution in [-0.2, 0) is 16.1 Å². The van der Waals surface area contributed by atoms with Crippen LogP contribution in [0.15, 0.2) is 78.9 Å². The van der Waals surface area contributed by atoms with E-state index in [1.807, 2.05) is 30.3 Å². The van der Waals surface area contributed by atoms with Crippen LogP contribution in [0.25, 0.3) is 0 Å². The summed E-state index contributed by atoms with van der Waals surface area (Å²) in [6.45, 7) is 1.66. The van der Waals surface area contributed by atoms with E-state index in [-0.39, 0.29) is 6.61 Å². The summed E-state index contributed by atoms with van der Waals surface area (Å²) in [6.07, 6.45) is -1.03. The maximum absolute atomic E-state index is 13.0. The molecule has 0 saturated heterocycles. The van der Waals surface area contributed by atoms with Crippen molar-refractivity contribution in [2.75, 3.05) is 5.32 Å². The molecule has 6 heteroatoms. The molecular formula is C23H20FNO4. The number of anilines is 1. The third kappa shape index (κ3) is 5.65. The van der Waals surface area contributed by atoms with Gasteiger partial charge in [0, 0.05) is 11.3 Å². The van der Waals surface area contributed by atoms with Gasteiger partial charge in [0.2, 0.25) is 0 Å². The van der Waals surface area contributed by atoms with E-state index in [0.717, 1.165) is 0 Å². The largest absolute Gasteiger partial charge is 0.489 e. The lowest BCUT2D eigenvalue weighted by Crippen LogP contribution is -2.30. The van der Waals surface area contributed by atoms with E-state index >= 15 is 0 Å². The van der Waals surface area contributed by atoms with Gasteiger partial charge in [-0.25, -0.2) is 9.18 Å². The highest BCUT2D eigenvalue weighted by atomic mass is 19.1. The Labute approximate surface area is 168 Å². The first-order valence-corrected chi connectivity index (χ1v) is 9.06. The summed E-state index contributed by atoms with van der Waals surface area (Å²) < 4.78 is 24.0. The SMILES string of the molecule is C[C@H](OC(=O)c1ccccc1COc1ccccc1)C(=O)Nc1ccc(F)cc1. The van der Waals surface area contributed by atoms with Gasteiger partial charge in [-0.05, 0) is 49.4 Å². The van der Waals surface area contributed by atoms with Crippen molar-refractivity contribution in [3.05, 3.63) is 95.8 Å². The molecule has 148 valence electrons. The van der Waals surface area contributed by atoms with Crippen LogP contribution in [0.4, 0.5) is 10.1 Å². The summed E-state index contributed by atoms with van der Waals surface area (Å²) in [5.74, 6) is -0.860. The molecule has 0 unspecified atom stereocenters.